The Morgan fingerprint density at radius 1 is 1.06 bits per heavy atom. The Labute approximate surface area is 204 Å². The van der Waals surface area contributed by atoms with Gasteiger partial charge in [0.05, 0.1) is 16.8 Å². The van der Waals surface area contributed by atoms with Crippen LogP contribution in [0.5, 0.6) is 0 Å². The molecule has 0 aliphatic rings. The molecule has 0 aliphatic carbocycles. The lowest BCUT2D eigenvalue weighted by atomic mass is 9.75. The largest absolute Gasteiger partial charge is 0.481 e. The summed E-state index contributed by atoms with van der Waals surface area (Å²) in [5.41, 5.74) is 0.0416. The molecule has 2 rings (SSSR count). The molecule has 0 saturated heterocycles. The standard InChI is InChI=1S/C27H39NO5Si/c1-18(32-19(2)29)22-14-13-21-12-11-20(17-23(21)28-22)15-16-27(8,24(30)31)26(6,7)33-34(9,10)25(3,4)5/h11-18H,1-10H3,(H,30,31). The van der Waals surface area contributed by atoms with Gasteiger partial charge in [-0.3, -0.25) is 9.59 Å². The zero-order valence-corrected chi connectivity index (χ0v) is 23.1. The number of nitrogens with zero attached hydrogens (tertiary/aromatic N) is 1. The number of carboxylic acid groups (broad SMARTS) is 1. The van der Waals surface area contributed by atoms with Crippen molar-refractivity contribution in [2.24, 2.45) is 5.41 Å². The van der Waals surface area contributed by atoms with Gasteiger partial charge < -0.3 is 14.3 Å². The smallest absolute Gasteiger partial charge is 0.316 e. The van der Waals surface area contributed by atoms with E-state index in [2.05, 4.69) is 38.8 Å². The van der Waals surface area contributed by atoms with Crippen LogP contribution in [0, 0.1) is 5.41 Å². The number of aromatic nitrogens is 1. The van der Waals surface area contributed by atoms with Crippen molar-refractivity contribution in [1.82, 2.24) is 4.98 Å². The molecule has 7 heteroatoms. The van der Waals surface area contributed by atoms with Gasteiger partial charge in [-0.05, 0) is 63.5 Å². The number of fused-ring (bicyclic) bond motifs is 1. The fraction of sp³-hybridized carbons (Fsp3) is 0.519. The number of esters is 1. The highest BCUT2D eigenvalue weighted by Gasteiger charge is 2.51. The topological polar surface area (TPSA) is 85.7 Å². The number of hydrogen-bond donors (Lipinski definition) is 1. The van der Waals surface area contributed by atoms with Gasteiger partial charge in [0, 0.05) is 12.3 Å². The molecule has 0 bridgehead atoms. The van der Waals surface area contributed by atoms with E-state index >= 15 is 0 Å². The Hall–Kier alpha value is -2.51. The van der Waals surface area contributed by atoms with Crippen LogP contribution < -0.4 is 0 Å². The molecule has 0 radical (unpaired) electrons. The molecule has 2 atom stereocenters. The average molecular weight is 486 g/mol. The number of pyridine rings is 1. The van der Waals surface area contributed by atoms with E-state index in [1.807, 2.05) is 50.3 Å². The molecule has 1 N–H and O–H groups in total. The van der Waals surface area contributed by atoms with E-state index in [0.717, 1.165) is 16.5 Å². The van der Waals surface area contributed by atoms with Gasteiger partial charge in [0.1, 0.15) is 11.5 Å². The molecule has 0 aliphatic heterocycles. The van der Waals surface area contributed by atoms with Gasteiger partial charge in [0.15, 0.2) is 8.32 Å². The molecule has 34 heavy (non-hydrogen) atoms. The lowest BCUT2D eigenvalue weighted by Gasteiger charge is -2.48. The maximum Gasteiger partial charge on any atom is 0.316 e. The van der Waals surface area contributed by atoms with Crippen LogP contribution in [0.4, 0.5) is 0 Å². The summed E-state index contributed by atoms with van der Waals surface area (Å²) in [4.78, 5) is 28.4. The van der Waals surface area contributed by atoms with Crippen LogP contribution in [0.2, 0.25) is 18.1 Å². The first-order valence-electron chi connectivity index (χ1n) is 11.6. The molecule has 2 aromatic rings. The molecular formula is C27H39NO5Si. The Morgan fingerprint density at radius 3 is 2.18 bits per heavy atom. The van der Waals surface area contributed by atoms with Crippen LogP contribution >= 0.6 is 0 Å². The molecule has 0 fully saturated rings. The van der Waals surface area contributed by atoms with Gasteiger partial charge in [-0.2, -0.15) is 0 Å². The summed E-state index contributed by atoms with van der Waals surface area (Å²) < 4.78 is 11.8. The summed E-state index contributed by atoms with van der Waals surface area (Å²) in [5.74, 6) is -1.30. The van der Waals surface area contributed by atoms with Crippen molar-refractivity contribution >= 4 is 37.2 Å². The van der Waals surface area contributed by atoms with Gasteiger partial charge in [-0.1, -0.05) is 51.1 Å². The molecule has 186 valence electrons. The first kappa shape index (κ1) is 27.7. The minimum Gasteiger partial charge on any atom is -0.481 e. The summed E-state index contributed by atoms with van der Waals surface area (Å²) in [6.45, 7) is 19.3. The normalized spacial score (nSPS) is 15.8. The lowest BCUT2D eigenvalue weighted by molar-refractivity contribution is -0.155. The van der Waals surface area contributed by atoms with Crippen molar-refractivity contribution in [3.8, 4) is 0 Å². The monoisotopic (exact) mass is 485 g/mol. The van der Waals surface area contributed by atoms with Crippen LogP contribution in [0.3, 0.4) is 0 Å². The summed E-state index contributed by atoms with van der Waals surface area (Å²) in [6.07, 6.45) is 3.08. The summed E-state index contributed by atoms with van der Waals surface area (Å²) >= 11 is 0. The van der Waals surface area contributed by atoms with Crippen LogP contribution in [-0.4, -0.2) is 35.9 Å². The number of benzene rings is 1. The quantitative estimate of drug-likeness (QED) is 0.328. The highest BCUT2D eigenvalue weighted by atomic mass is 28.4. The summed E-state index contributed by atoms with van der Waals surface area (Å²) in [7, 11) is -2.21. The van der Waals surface area contributed by atoms with E-state index in [4.69, 9.17) is 9.16 Å². The van der Waals surface area contributed by atoms with Crippen LogP contribution in [0.1, 0.15) is 72.8 Å². The number of rotatable bonds is 8. The number of carbonyl (C=O) groups is 2. The van der Waals surface area contributed by atoms with Crippen molar-refractivity contribution < 1.29 is 23.9 Å². The summed E-state index contributed by atoms with van der Waals surface area (Å²) in [6, 6.07) is 9.55. The van der Waals surface area contributed by atoms with Crippen molar-refractivity contribution in [2.45, 2.75) is 85.2 Å². The second-order valence-corrected chi connectivity index (χ2v) is 15.9. The maximum absolute atomic E-state index is 12.5. The summed E-state index contributed by atoms with van der Waals surface area (Å²) in [5, 5.41) is 11.1. The van der Waals surface area contributed by atoms with Crippen molar-refractivity contribution in [2.75, 3.05) is 0 Å². The second-order valence-electron chi connectivity index (χ2n) is 11.2. The average Bonchev–Trinajstić information content (AvgIpc) is 2.68. The fourth-order valence-corrected chi connectivity index (χ4v) is 5.27. The molecule has 0 spiro atoms. The van der Waals surface area contributed by atoms with E-state index in [1.54, 1.807) is 19.9 Å². The number of aliphatic carboxylic acids is 1. The van der Waals surface area contributed by atoms with Crippen LogP contribution in [-0.2, 0) is 18.8 Å². The molecular weight excluding hydrogens is 446 g/mol. The second kappa shape index (κ2) is 9.62. The van der Waals surface area contributed by atoms with Crippen molar-refractivity contribution in [1.29, 1.82) is 0 Å². The van der Waals surface area contributed by atoms with Crippen molar-refractivity contribution in [3.63, 3.8) is 0 Å². The molecule has 1 aromatic heterocycles. The van der Waals surface area contributed by atoms with E-state index in [1.165, 1.54) is 6.92 Å². The molecule has 0 saturated carbocycles. The lowest BCUT2D eigenvalue weighted by Crippen LogP contribution is -2.56. The third-order valence-corrected chi connectivity index (χ3v) is 11.8. The third-order valence-electron chi connectivity index (χ3n) is 7.12. The first-order valence-corrected chi connectivity index (χ1v) is 14.5. The van der Waals surface area contributed by atoms with Gasteiger partial charge >= 0.3 is 11.9 Å². The number of ether oxygens (including phenoxy) is 1. The predicted molar refractivity (Wildman–Crippen MR) is 139 cm³/mol. The Balaban J connectivity index is 2.43. The Morgan fingerprint density at radius 2 is 1.65 bits per heavy atom. The zero-order valence-electron chi connectivity index (χ0n) is 22.1. The first-order chi connectivity index (χ1) is 15.4. The maximum atomic E-state index is 12.5. The van der Waals surface area contributed by atoms with Crippen LogP contribution in [0.15, 0.2) is 36.4 Å². The van der Waals surface area contributed by atoms with Gasteiger partial charge in [-0.25, -0.2) is 4.98 Å². The highest BCUT2D eigenvalue weighted by molar-refractivity contribution is 6.74. The molecule has 1 aromatic carbocycles. The zero-order chi connectivity index (χ0) is 26.1. The van der Waals surface area contributed by atoms with Crippen molar-refractivity contribution in [3.05, 3.63) is 47.7 Å². The van der Waals surface area contributed by atoms with E-state index < -0.39 is 31.4 Å². The van der Waals surface area contributed by atoms with Gasteiger partial charge in [0.25, 0.3) is 0 Å². The third kappa shape index (κ3) is 5.94. The van der Waals surface area contributed by atoms with E-state index in [0.29, 0.717) is 5.69 Å². The predicted octanol–water partition coefficient (Wildman–Crippen LogP) is 6.76. The fourth-order valence-electron chi connectivity index (χ4n) is 3.48. The van der Waals surface area contributed by atoms with Gasteiger partial charge in [0.2, 0.25) is 0 Å². The van der Waals surface area contributed by atoms with Crippen LogP contribution in [0.25, 0.3) is 17.0 Å². The van der Waals surface area contributed by atoms with E-state index in [-0.39, 0.29) is 11.0 Å². The number of hydrogen-bond acceptors (Lipinski definition) is 5. The highest BCUT2D eigenvalue weighted by Crippen LogP contribution is 2.45. The number of carboxylic acids is 1. The molecule has 2 unspecified atom stereocenters. The number of carbonyl (C=O) groups excluding carboxylic acids is 1. The minimum atomic E-state index is -2.21. The molecule has 0 amide bonds. The van der Waals surface area contributed by atoms with E-state index in [9.17, 15) is 14.7 Å². The minimum absolute atomic E-state index is 0.0433. The Bertz CT molecular complexity index is 1100. The molecule has 6 nitrogen and oxygen atoms in total. The molecule has 1 heterocycles. The Kier molecular flexibility index (Phi) is 7.85. The SMILES string of the molecule is CC(=O)OC(C)c1ccc2ccc(C=CC(C)(C(=O)O)C(C)(C)O[Si](C)(C)C(C)(C)C)cc2n1. The van der Waals surface area contributed by atoms with Gasteiger partial charge in [-0.15, -0.1) is 0 Å².